The molecular weight excluding hydrogens is 510 g/mol. The highest BCUT2D eigenvalue weighted by molar-refractivity contribution is 6.00. The molecule has 0 radical (unpaired) electrons. The van der Waals surface area contributed by atoms with Crippen molar-refractivity contribution in [3.63, 3.8) is 0 Å². The number of ketones is 1. The minimum atomic E-state index is -1.05. The maximum atomic E-state index is 12.7. The molecule has 5 heterocycles. The van der Waals surface area contributed by atoms with Crippen LogP contribution >= 0.6 is 0 Å². The molecule has 4 N–H and O–H groups in total. The molecule has 0 saturated carbocycles. The van der Waals surface area contributed by atoms with Gasteiger partial charge in [0.15, 0.2) is 11.4 Å². The molecule has 204 valence electrons. The van der Waals surface area contributed by atoms with Crippen LogP contribution in [0, 0.1) is 0 Å². The van der Waals surface area contributed by atoms with Crippen molar-refractivity contribution in [2.75, 3.05) is 18.8 Å². The second kappa shape index (κ2) is 9.83. The first kappa shape index (κ1) is 25.6. The molecule has 0 aliphatic carbocycles. The number of rotatable bonds is 5. The number of hydrogen-bond acceptors (Lipinski definition) is 8. The summed E-state index contributed by atoms with van der Waals surface area (Å²) in [5, 5.41) is 16.9. The highest BCUT2D eigenvalue weighted by Gasteiger charge is 2.31. The highest BCUT2D eigenvalue weighted by Crippen LogP contribution is 2.35. The van der Waals surface area contributed by atoms with Crippen LogP contribution in [0.15, 0.2) is 42.7 Å². The number of amides is 2. The largest absolute Gasteiger partial charge is 0.384 e. The zero-order valence-electron chi connectivity index (χ0n) is 22.2. The Morgan fingerprint density at radius 2 is 1.85 bits per heavy atom. The summed E-state index contributed by atoms with van der Waals surface area (Å²) in [5.41, 5.74) is 12.8. The van der Waals surface area contributed by atoms with Crippen molar-refractivity contribution >= 4 is 29.1 Å². The quantitative estimate of drug-likeness (QED) is 0.327. The number of fused-ring (bicyclic) bond motifs is 2. The predicted molar refractivity (Wildman–Crippen MR) is 147 cm³/mol. The number of nitrogens with one attached hydrogen (secondary N) is 1. The number of aromatic nitrogens is 4. The SMILES string of the molecule is CC(=O)c1c(C2CCN(C(=O)[C@@H](C)O)CC2)nc2c(-c3ccc(-c4ccc5c(c4)CNC5=O)nc3)cnn2c1N. The van der Waals surface area contributed by atoms with Crippen molar-refractivity contribution in [3.05, 3.63) is 65.1 Å². The molecule has 2 amide bonds. The summed E-state index contributed by atoms with van der Waals surface area (Å²) in [6.45, 7) is 4.36. The van der Waals surface area contributed by atoms with E-state index in [4.69, 9.17) is 10.7 Å². The number of carbonyl (C=O) groups is 3. The number of Topliss-reactive ketones (excluding diaryl/α,β-unsaturated/α-hetero) is 1. The fourth-order valence-electron chi connectivity index (χ4n) is 5.65. The minimum Gasteiger partial charge on any atom is -0.384 e. The molecule has 4 aromatic rings. The average molecular weight is 540 g/mol. The molecule has 0 bridgehead atoms. The third kappa shape index (κ3) is 4.28. The monoisotopic (exact) mass is 539 g/mol. The minimum absolute atomic E-state index is 0.0594. The van der Waals surface area contributed by atoms with Crippen molar-refractivity contribution in [2.45, 2.75) is 45.3 Å². The number of benzene rings is 1. The van der Waals surface area contributed by atoms with E-state index in [2.05, 4.69) is 15.4 Å². The van der Waals surface area contributed by atoms with E-state index in [1.165, 1.54) is 18.4 Å². The molecule has 2 aliphatic rings. The number of nitrogens with zero attached hydrogens (tertiary/aromatic N) is 5. The smallest absolute Gasteiger partial charge is 0.251 e. The van der Waals surface area contributed by atoms with Gasteiger partial charge in [0.1, 0.15) is 11.9 Å². The van der Waals surface area contributed by atoms with Gasteiger partial charge in [-0.2, -0.15) is 9.61 Å². The number of likely N-dealkylation sites (tertiary alicyclic amines) is 1. The fraction of sp³-hybridized carbons (Fsp3) is 0.310. The number of piperidine rings is 1. The molecule has 11 heteroatoms. The summed E-state index contributed by atoms with van der Waals surface area (Å²) in [6.07, 6.45) is 3.57. The zero-order valence-corrected chi connectivity index (χ0v) is 22.2. The van der Waals surface area contributed by atoms with Crippen molar-refractivity contribution in [2.24, 2.45) is 0 Å². The normalized spacial score (nSPS) is 16.2. The first-order valence-electron chi connectivity index (χ1n) is 13.3. The third-order valence-corrected chi connectivity index (χ3v) is 7.77. The van der Waals surface area contributed by atoms with E-state index in [1.807, 2.05) is 30.3 Å². The topological polar surface area (TPSA) is 156 Å². The Balaban J connectivity index is 1.34. The van der Waals surface area contributed by atoms with Crippen LogP contribution in [-0.4, -0.2) is 66.4 Å². The predicted octanol–water partition coefficient (Wildman–Crippen LogP) is 2.57. The molecule has 0 unspecified atom stereocenters. The number of aliphatic hydroxyl groups is 1. The number of nitrogen functional groups attached to an aromatic ring is 1. The first-order valence-corrected chi connectivity index (χ1v) is 13.3. The van der Waals surface area contributed by atoms with Crippen molar-refractivity contribution in [3.8, 4) is 22.4 Å². The number of pyridine rings is 1. The Labute approximate surface area is 230 Å². The van der Waals surface area contributed by atoms with E-state index in [0.29, 0.717) is 54.9 Å². The summed E-state index contributed by atoms with van der Waals surface area (Å²) in [7, 11) is 0. The van der Waals surface area contributed by atoms with Crippen LogP contribution in [0.1, 0.15) is 64.6 Å². The van der Waals surface area contributed by atoms with Gasteiger partial charge in [-0.1, -0.05) is 12.1 Å². The van der Waals surface area contributed by atoms with Crippen molar-refractivity contribution < 1.29 is 19.5 Å². The molecule has 1 saturated heterocycles. The molecule has 1 atom stereocenters. The van der Waals surface area contributed by atoms with Crippen LogP contribution < -0.4 is 11.1 Å². The molecule has 1 aromatic carbocycles. The molecule has 6 rings (SSSR count). The van der Waals surface area contributed by atoms with E-state index < -0.39 is 6.10 Å². The Morgan fingerprint density at radius 3 is 2.52 bits per heavy atom. The highest BCUT2D eigenvalue weighted by atomic mass is 16.3. The zero-order chi connectivity index (χ0) is 28.1. The Morgan fingerprint density at radius 1 is 1.10 bits per heavy atom. The molecule has 11 nitrogen and oxygen atoms in total. The molecule has 3 aromatic heterocycles. The van der Waals surface area contributed by atoms with Gasteiger partial charge in [-0.3, -0.25) is 19.4 Å². The number of nitrogens with two attached hydrogens (primary N) is 1. The lowest BCUT2D eigenvalue weighted by Crippen LogP contribution is -2.42. The third-order valence-electron chi connectivity index (χ3n) is 7.77. The molecular formula is C29H29N7O4. The molecule has 40 heavy (non-hydrogen) atoms. The molecule has 1 fully saturated rings. The van der Waals surface area contributed by atoms with Crippen LogP contribution in [0.5, 0.6) is 0 Å². The second-order valence-corrected chi connectivity index (χ2v) is 10.4. The van der Waals surface area contributed by atoms with Gasteiger partial charge >= 0.3 is 0 Å². The lowest BCUT2D eigenvalue weighted by Gasteiger charge is -2.33. The lowest BCUT2D eigenvalue weighted by molar-refractivity contribution is -0.140. The van der Waals surface area contributed by atoms with Crippen LogP contribution in [0.2, 0.25) is 0 Å². The van der Waals surface area contributed by atoms with Gasteiger partial charge < -0.3 is 21.1 Å². The van der Waals surface area contributed by atoms with Gasteiger partial charge in [0.2, 0.25) is 0 Å². The van der Waals surface area contributed by atoms with Gasteiger partial charge in [0.25, 0.3) is 11.8 Å². The maximum Gasteiger partial charge on any atom is 0.251 e. The molecule has 0 spiro atoms. The van der Waals surface area contributed by atoms with E-state index >= 15 is 0 Å². The van der Waals surface area contributed by atoms with Crippen molar-refractivity contribution in [1.29, 1.82) is 0 Å². The number of hydrogen-bond donors (Lipinski definition) is 3. The lowest BCUT2D eigenvalue weighted by atomic mass is 9.89. The van der Waals surface area contributed by atoms with Gasteiger partial charge in [-0.25, -0.2) is 4.98 Å². The Bertz CT molecular complexity index is 1670. The second-order valence-electron chi connectivity index (χ2n) is 10.4. The summed E-state index contributed by atoms with van der Waals surface area (Å²) in [5.74, 6) is -0.400. The first-order chi connectivity index (χ1) is 19.2. The van der Waals surface area contributed by atoms with E-state index in [0.717, 1.165) is 27.9 Å². The van der Waals surface area contributed by atoms with Gasteiger partial charge in [-0.15, -0.1) is 0 Å². The summed E-state index contributed by atoms with van der Waals surface area (Å²) < 4.78 is 1.49. The fourth-order valence-corrected chi connectivity index (χ4v) is 5.65. The van der Waals surface area contributed by atoms with Crippen molar-refractivity contribution in [1.82, 2.24) is 29.8 Å². The Hall–Kier alpha value is -4.64. The number of aliphatic hydroxyl groups excluding tert-OH is 1. The molecule has 2 aliphatic heterocycles. The summed E-state index contributed by atoms with van der Waals surface area (Å²) in [6, 6.07) is 9.53. The van der Waals surface area contributed by atoms with Gasteiger partial charge in [0, 0.05) is 54.0 Å². The average Bonchev–Trinajstić information content (AvgIpc) is 3.56. The summed E-state index contributed by atoms with van der Waals surface area (Å²) >= 11 is 0. The number of anilines is 1. The number of carbonyl (C=O) groups excluding carboxylic acids is 3. The Kier molecular flexibility index (Phi) is 6.30. The maximum absolute atomic E-state index is 12.7. The van der Waals surface area contributed by atoms with Crippen LogP contribution in [0.25, 0.3) is 28.0 Å². The van der Waals surface area contributed by atoms with Gasteiger partial charge in [-0.05, 0) is 50.5 Å². The van der Waals surface area contributed by atoms with E-state index in [-0.39, 0.29) is 29.3 Å². The van der Waals surface area contributed by atoms with Crippen LogP contribution in [-0.2, 0) is 11.3 Å². The van der Waals surface area contributed by atoms with Crippen LogP contribution in [0.4, 0.5) is 5.82 Å². The summed E-state index contributed by atoms with van der Waals surface area (Å²) in [4.78, 5) is 48.0. The van der Waals surface area contributed by atoms with Crippen LogP contribution in [0.3, 0.4) is 0 Å². The van der Waals surface area contributed by atoms with E-state index in [9.17, 15) is 19.5 Å². The standard InChI is InChI=1S/C29H29N7O4/c1-15(37)24-25(17-7-9-35(10-8-17)29(40)16(2)38)34-27-22(14-33-36(27)26(24)30)19-4-6-23(31-12-19)18-3-5-21-20(11-18)13-32-28(21)39/h3-6,11-12,14,16-17,38H,7-10,13,30H2,1-2H3,(H,32,39)/t16-/m1/s1. The van der Waals surface area contributed by atoms with E-state index in [1.54, 1.807) is 17.3 Å². The van der Waals surface area contributed by atoms with Gasteiger partial charge in [0.05, 0.1) is 23.1 Å².